The number of carbonyl (C=O) groups excluding carboxylic acids is 2. The molecule has 2 amide bonds. The van der Waals surface area contributed by atoms with Gasteiger partial charge in [-0.3, -0.25) is 9.59 Å². The second-order valence-corrected chi connectivity index (χ2v) is 3.79. The molecule has 5 nitrogen and oxygen atoms in total. The van der Waals surface area contributed by atoms with Gasteiger partial charge >= 0.3 is 0 Å². The number of hydrogen-bond donors (Lipinski definition) is 3. The topological polar surface area (TPSA) is 70.2 Å². The lowest BCUT2D eigenvalue weighted by molar-refractivity contribution is -0.128. The SMILES string of the molecule is CCCC[C@H](NC(C)=O)C(=O)NCCNC. The van der Waals surface area contributed by atoms with E-state index in [0.717, 1.165) is 19.4 Å². The van der Waals surface area contributed by atoms with E-state index in [1.54, 1.807) is 0 Å². The van der Waals surface area contributed by atoms with E-state index in [1.165, 1.54) is 6.92 Å². The number of nitrogens with one attached hydrogen (secondary N) is 3. The number of unbranched alkanes of at least 4 members (excludes halogenated alkanes) is 1. The van der Waals surface area contributed by atoms with Crippen LogP contribution in [0.15, 0.2) is 0 Å². The molecule has 0 aromatic carbocycles. The Morgan fingerprint density at radius 1 is 1.25 bits per heavy atom. The molecule has 1 atom stereocenters. The molecule has 0 unspecified atom stereocenters. The quantitative estimate of drug-likeness (QED) is 0.514. The van der Waals surface area contributed by atoms with Crippen molar-refractivity contribution in [3.63, 3.8) is 0 Å². The standard InChI is InChI=1S/C11H23N3O2/c1-4-5-6-10(14-9(2)15)11(16)13-8-7-12-3/h10,12H,4-8H2,1-3H3,(H,13,16)(H,14,15)/t10-/m0/s1. The Balaban J connectivity index is 4.04. The van der Waals surface area contributed by atoms with Crippen LogP contribution >= 0.6 is 0 Å². The Morgan fingerprint density at radius 2 is 1.94 bits per heavy atom. The average molecular weight is 229 g/mol. The van der Waals surface area contributed by atoms with E-state index in [4.69, 9.17) is 0 Å². The molecule has 0 radical (unpaired) electrons. The number of hydrogen-bond acceptors (Lipinski definition) is 3. The third-order valence-electron chi connectivity index (χ3n) is 2.21. The second-order valence-electron chi connectivity index (χ2n) is 3.79. The van der Waals surface area contributed by atoms with Crippen LogP contribution in [0.3, 0.4) is 0 Å². The van der Waals surface area contributed by atoms with Gasteiger partial charge in [0.15, 0.2) is 0 Å². The molecular weight excluding hydrogens is 206 g/mol. The molecular formula is C11H23N3O2. The van der Waals surface area contributed by atoms with Crippen LogP contribution in [0.25, 0.3) is 0 Å². The Bertz CT molecular complexity index is 219. The monoisotopic (exact) mass is 229 g/mol. The number of amides is 2. The molecule has 94 valence electrons. The maximum absolute atomic E-state index is 11.7. The van der Waals surface area contributed by atoms with E-state index in [-0.39, 0.29) is 11.8 Å². The Hall–Kier alpha value is -1.10. The van der Waals surface area contributed by atoms with Crippen LogP contribution in [0.4, 0.5) is 0 Å². The zero-order chi connectivity index (χ0) is 12.4. The maximum Gasteiger partial charge on any atom is 0.242 e. The lowest BCUT2D eigenvalue weighted by Gasteiger charge is -2.17. The van der Waals surface area contributed by atoms with Crippen molar-refractivity contribution < 1.29 is 9.59 Å². The van der Waals surface area contributed by atoms with Crippen molar-refractivity contribution in [3.05, 3.63) is 0 Å². The number of likely N-dealkylation sites (N-methyl/N-ethyl adjacent to an activating group) is 1. The van der Waals surface area contributed by atoms with Gasteiger partial charge in [-0.25, -0.2) is 0 Å². The summed E-state index contributed by atoms with van der Waals surface area (Å²) in [5.41, 5.74) is 0. The van der Waals surface area contributed by atoms with Crippen molar-refractivity contribution in [3.8, 4) is 0 Å². The highest BCUT2D eigenvalue weighted by Crippen LogP contribution is 2.00. The minimum absolute atomic E-state index is 0.0982. The normalized spacial score (nSPS) is 11.9. The largest absolute Gasteiger partial charge is 0.353 e. The molecule has 0 aromatic rings. The zero-order valence-corrected chi connectivity index (χ0v) is 10.4. The average Bonchev–Trinajstić information content (AvgIpc) is 2.23. The van der Waals surface area contributed by atoms with Gasteiger partial charge in [-0.1, -0.05) is 19.8 Å². The van der Waals surface area contributed by atoms with Crippen molar-refractivity contribution in [1.29, 1.82) is 0 Å². The summed E-state index contributed by atoms with van der Waals surface area (Å²) in [6.07, 6.45) is 2.64. The molecule has 0 aliphatic heterocycles. The summed E-state index contributed by atoms with van der Waals surface area (Å²) in [4.78, 5) is 22.7. The van der Waals surface area contributed by atoms with Gasteiger partial charge < -0.3 is 16.0 Å². The predicted molar refractivity (Wildman–Crippen MR) is 64.1 cm³/mol. The molecule has 0 bridgehead atoms. The van der Waals surface area contributed by atoms with Crippen LogP contribution in [0.2, 0.25) is 0 Å². The fraction of sp³-hybridized carbons (Fsp3) is 0.818. The van der Waals surface area contributed by atoms with Gasteiger partial charge in [0, 0.05) is 20.0 Å². The Labute approximate surface area is 97.4 Å². The summed E-state index contributed by atoms with van der Waals surface area (Å²) >= 11 is 0. The summed E-state index contributed by atoms with van der Waals surface area (Å²) in [6.45, 7) is 4.80. The fourth-order valence-corrected chi connectivity index (χ4v) is 1.36. The van der Waals surface area contributed by atoms with Gasteiger partial charge in [-0.15, -0.1) is 0 Å². The van der Waals surface area contributed by atoms with Crippen LogP contribution in [-0.4, -0.2) is 38.0 Å². The molecule has 0 saturated carbocycles. The second kappa shape index (κ2) is 9.15. The van der Waals surface area contributed by atoms with Gasteiger partial charge in [0.2, 0.25) is 11.8 Å². The van der Waals surface area contributed by atoms with E-state index in [1.807, 2.05) is 7.05 Å². The summed E-state index contributed by atoms with van der Waals surface area (Å²) in [6, 6.07) is -0.394. The number of carbonyl (C=O) groups is 2. The van der Waals surface area contributed by atoms with E-state index in [2.05, 4.69) is 22.9 Å². The van der Waals surface area contributed by atoms with Gasteiger partial charge in [0.05, 0.1) is 0 Å². The smallest absolute Gasteiger partial charge is 0.242 e. The molecule has 0 rings (SSSR count). The first-order valence-corrected chi connectivity index (χ1v) is 5.81. The van der Waals surface area contributed by atoms with E-state index >= 15 is 0 Å². The summed E-state index contributed by atoms with van der Waals surface area (Å²) in [5, 5.41) is 8.40. The molecule has 0 saturated heterocycles. The Kier molecular flexibility index (Phi) is 8.52. The zero-order valence-electron chi connectivity index (χ0n) is 10.4. The van der Waals surface area contributed by atoms with Crippen molar-refractivity contribution in [2.45, 2.75) is 39.2 Å². The maximum atomic E-state index is 11.7. The summed E-state index contributed by atoms with van der Waals surface area (Å²) in [5.74, 6) is -0.260. The van der Waals surface area contributed by atoms with E-state index in [9.17, 15) is 9.59 Å². The molecule has 5 heteroatoms. The summed E-state index contributed by atoms with van der Waals surface area (Å²) < 4.78 is 0. The first kappa shape index (κ1) is 14.9. The number of rotatable bonds is 8. The van der Waals surface area contributed by atoms with Crippen LogP contribution in [0.5, 0.6) is 0 Å². The Morgan fingerprint density at radius 3 is 2.44 bits per heavy atom. The van der Waals surface area contributed by atoms with Crippen molar-refractivity contribution in [1.82, 2.24) is 16.0 Å². The first-order chi connectivity index (χ1) is 7.61. The van der Waals surface area contributed by atoms with Crippen LogP contribution in [0, 0.1) is 0 Å². The lowest BCUT2D eigenvalue weighted by Crippen LogP contribution is -2.47. The molecule has 0 aromatic heterocycles. The lowest BCUT2D eigenvalue weighted by atomic mass is 10.1. The van der Waals surface area contributed by atoms with E-state index in [0.29, 0.717) is 13.0 Å². The highest BCUT2D eigenvalue weighted by atomic mass is 16.2. The molecule has 0 aliphatic rings. The van der Waals surface area contributed by atoms with Crippen LogP contribution in [-0.2, 0) is 9.59 Å². The highest BCUT2D eigenvalue weighted by molar-refractivity contribution is 5.86. The van der Waals surface area contributed by atoms with Crippen LogP contribution in [0.1, 0.15) is 33.1 Å². The minimum atomic E-state index is -0.394. The van der Waals surface area contributed by atoms with Crippen LogP contribution < -0.4 is 16.0 Å². The predicted octanol–water partition coefficient (Wildman–Crippen LogP) is 0.0169. The molecule has 0 heterocycles. The van der Waals surface area contributed by atoms with Crippen molar-refractivity contribution in [2.75, 3.05) is 20.1 Å². The highest BCUT2D eigenvalue weighted by Gasteiger charge is 2.17. The third kappa shape index (κ3) is 7.23. The molecule has 3 N–H and O–H groups in total. The molecule has 0 spiro atoms. The van der Waals surface area contributed by atoms with Crippen molar-refractivity contribution >= 4 is 11.8 Å². The molecule has 16 heavy (non-hydrogen) atoms. The molecule has 0 fully saturated rings. The van der Waals surface area contributed by atoms with Gasteiger partial charge in [-0.2, -0.15) is 0 Å². The van der Waals surface area contributed by atoms with Gasteiger partial charge in [0.1, 0.15) is 6.04 Å². The fourth-order valence-electron chi connectivity index (χ4n) is 1.36. The first-order valence-electron chi connectivity index (χ1n) is 5.81. The molecule has 0 aliphatic carbocycles. The van der Waals surface area contributed by atoms with Crippen molar-refractivity contribution in [2.24, 2.45) is 0 Å². The van der Waals surface area contributed by atoms with Gasteiger partial charge in [-0.05, 0) is 13.5 Å². The van der Waals surface area contributed by atoms with Gasteiger partial charge in [0.25, 0.3) is 0 Å². The summed E-state index contributed by atoms with van der Waals surface area (Å²) in [7, 11) is 1.83. The third-order valence-corrected chi connectivity index (χ3v) is 2.21. The minimum Gasteiger partial charge on any atom is -0.353 e. The van der Waals surface area contributed by atoms with E-state index < -0.39 is 6.04 Å².